The van der Waals surface area contributed by atoms with E-state index in [9.17, 15) is 9.59 Å². The average molecular weight is 395 g/mol. The summed E-state index contributed by atoms with van der Waals surface area (Å²) in [6, 6.07) is 14.5. The van der Waals surface area contributed by atoms with Gasteiger partial charge < -0.3 is 25.1 Å². The Morgan fingerprint density at radius 2 is 1.79 bits per heavy atom. The summed E-state index contributed by atoms with van der Waals surface area (Å²) < 4.78 is 10.9. The Kier molecular flexibility index (Phi) is 6.73. The molecule has 0 aliphatic rings. The fourth-order valence-electron chi connectivity index (χ4n) is 3.17. The first-order chi connectivity index (χ1) is 14.1. The second kappa shape index (κ2) is 9.64. The van der Waals surface area contributed by atoms with Crippen LogP contribution in [0.25, 0.3) is 10.9 Å². The van der Waals surface area contributed by atoms with E-state index in [1.165, 1.54) is 6.92 Å². The molecule has 1 unspecified atom stereocenters. The van der Waals surface area contributed by atoms with Gasteiger partial charge in [0.25, 0.3) is 0 Å². The summed E-state index contributed by atoms with van der Waals surface area (Å²) >= 11 is 0. The van der Waals surface area contributed by atoms with Crippen LogP contribution in [0.5, 0.6) is 11.5 Å². The Morgan fingerprint density at radius 1 is 1.07 bits per heavy atom. The van der Waals surface area contributed by atoms with E-state index in [-0.39, 0.29) is 18.4 Å². The summed E-state index contributed by atoms with van der Waals surface area (Å²) in [6.45, 7) is 1.99. The summed E-state index contributed by atoms with van der Waals surface area (Å²) in [5.74, 6) is 0.736. The number of hydrogen-bond donors (Lipinski definition) is 3. The maximum atomic E-state index is 12.7. The molecule has 3 rings (SSSR count). The topological polar surface area (TPSA) is 92.4 Å². The van der Waals surface area contributed by atoms with Crippen molar-refractivity contribution in [2.45, 2.75) is 19.4 Å². The number of ether oxygens (including phenoxy) is 2. The molecule has 3 aromatic rings. The van der Waals surface area contributed by atoms with E-state index in [1.54, 1.807) is 13.2 Å². The fourth-order valence-corrected chi connectivity index (χ4v) is 3.17. The number of hydrogen-bond acceptors (Lipinski definition) is 4. The molecule has 0 bridgehead atoms. The van der Waals surface area contributed by atoms with E-state index < -0.39 is 6.04 Å². The molecule has 1 atom stereocenters. The first kappa shape index (κ1) is 20.3. The van der Waals surface area contributed by atoms with Gasteiger partial charge in [-0.25, -0.2) is 0 Å². The quantitative estimate of drug-likeness (QED) is 0.485. The molecule has 0 radical (unpaired) electrons. The van der Waals surface area contributed by atoms with Crippen molar-refractivity contribution < 1.29 is 19.1 Å². The highest BCUT2D eigenvalue weighted by Crippen LogP contribution is 2.25. The number of carbonyl (C=O) groups excluding carboxylic acids is 2. The van der Waals surface area contributed by atoms with Gasteiger partial charge >= 0.3 is 0 Å². The molecule has 29 heavy (non-hydrogen) atoms. The molecule has 152 valence electrons. The minimum absolute atomic E-state index is 0.254. The van der Waals surface area contributed by atoms with Gasteiger partial charge in [-0.15, -0.1) is 0 Å². The van der Waals surface area contributed by atoms with E-state index in [0.29, 0.717) is 24.5 Å². The molecule has 7 heteroatoms. The molecular formula is C22H25N3O4. The normalized spacial score (nSPS) is 11.7. The maximum Gasteiger partial charge on any atom is 0.243 e. The molecule has 0 saturated carbocycles. The van der Waals surface area contributed by atoms with E-state index in [1.807, 2.05) is 48.7 Å². The lowest BCUT2D eigenvalue weighted by molar-refractivity contribution is -0.128. The lowest BCUT2D eigenvalue weighted by atomic mass is 10.0. The van der Waals surface area contributed by atoms with Crippen LogP contribution in [-0.2, 0) is 16.0 Å². The molecule has 2 aromatic carbocycles. The van der Waals surface area contributed by atoms with Crippen molar-refractivity contribution in [3.8, 4) is 11.5 Å². The van der Waals surface area contributed by atoms with Gasteiger partial charge in [-0.2, -0.15) is 0 Å². The highest BCUT2D eigenvalue weighted by atomic mass is 16.5. The van der Waals surface area contributed by atoms with Crippen LogP contribution < -0.4 is 20.1 Å². The van der Waals surface area contributed by atoms with Gasteiger partial charge in [-0.05, 0) is 23.8 Å². The molecule has 7 nitrogen and oxygen atoms in total. The van der Waals surface area contributed by atoms with Crippen LogP contribution in [0, 0.1) is 0 Å². The number of aromatic amines is 1. The molecule has 1 aromatic heterocycles. The average Bonchev–Trinajstić information content (AvgIpc) is 3.13. The molecule has 2 amide bonds. The molecule has 0 fully saturated rings. The lowest BCUT2D eigenvalue weighted by Crippen LogP contribution is -2.48. The summed E-state index contributed by atoms with van der Waals surface area (Å²) in [7, 11) is 1.58. The third kappa shape index (κ3) is 5.28. The number of fused-ring (bicyclic) bond motifs is 1. The van der Waals surface area contributed by atoms with Crippen LogP contribution in [0.3, 0.4) is 0 Å². The number of H-pyrrole nitrogens is 1. The second-order valence-electron chi connectivity index (χ2n) is 6.61. The van der Waals surface area contributed by atoms with Gasteiger partial charge in [0.05, 0.1) is 13.7 Å². The molecule has 0 saturated heterocycles. The molecule has 0 aliphatic heterocycles. The monoisotopic (exact) mass is 395 g/mol. The van der Waals surface area contributed by atoms with Gasteiger partial charge in [-0.3, -0.25) is 9.59 Å². The van der Waals surface area contributed by atoms with Gasteiger partial charge in [-0.1, -0.05) is 30.3 Å². The molecule has 3 N–H and O–H groups in total. The Morgan fingerprint density at radius 3 is 2.55 bits per heavy atom. The molecule has 0 spiro atoms. The third-order valence-electron chi connectivity index (χ3n) is 4.52. The second-order valence-corrected chi connectivity index (χ2v) is 6.61. The first-order valence-electron chi connectivity index (χ1n) is 9.44. The minimum atomic E-state index is -0.669. The zero-order chi connectivity index (χ0) is 20.6. The Hall–Kier alpha value is -3.48. The van der Waals surface area contributed by atoms with E-state index in [0.717, 1.165) is 16.5 Å². The zero-order valence-corrected chi connectivity index (χ0v) is 16.5. The van der Waals surface area contributed by atoms with Crippen LogP contribution >= 0.6 is 0 Å². The summed E-state index contributed by atoms with van der Waals surface area (Å²) in [5.41, 5.74) is 1.97. The van der Waals surface area contributed by atoms with E-state index in [4.69, 9.17) is 9.47 Å². The Balaban J connectivity index is 1.58. The van der Waals surface area contributed by atoms with Crippen LogP contribution in [0.15, 0.2) is 54.7 Å². The minimum Gasteiger partial charge on any atom is -0.493 e. The number of methoxy groups -OCH3 is 1. The van der Waals surface area contributed by atoms with Crippen molar-refractivity contribution in [1.29, 1.82) is 0 Å². The van der Waals surface area contributed by atoms with Crippen molar-refractivity contribution in [3.05, 3.63) is 60.3 Å². The van der Waals surface area contributed by atoms with Gasteiger partial charge in [0.1, 0.15) is 12.6 Å². The fraction of sp³-hybridized carbons (Fsp3) is 0.273. The summed E-state index contributed by atoms with van der Waals surface area (Å²) in [6.07, 6.45) is 2.26. The number of carbonyl (C=O) groups is 2. The lowest BCUT2D eigenvalue weighted by Gasteiger charge is -2.18. The van der Waals surface area contributed by atoms with Crippen LogP contribution in [-0.4, -0.2) is 43.1 Å². The van der Waals surface area contributed by atoms with Gasteiger partial charge in [0.15, 0.2) is 11.5 Å². The van der Waals surface area contributed by atoms with Crippen molar-refractivity contribution >= 4 is 22.7 Å². The van der Waals surface area contributed by atoms with E-state index in [2.05, 4.69) is 15.6 Å². The van der Waals surface area contributed by atoms with Crippen molar-refractivity contribution in [1.82, 2.24) is 15.6 Å². The third-order valence-corrected chi connectivity index (χ3v) is 4.52. The number of rotatable bonds is 9. The number of para-hydroxylation sites is 3. The number of amides is 2. The van der Waals surface area contributed by atoms with Crippen LogP contribution in [0.2, 0.25) is 0 Å². The predicted octanol–water partition coefficient (Wildman–Crippen LogP) is 2.42. The first-order valence-corrected chi connectivity index (χ1v) is 9.44. The maximum absolute atomic E-state index is 12.7. The van der Waals surface area contributed by atoms with Gasteiger partial charge in [0.2, 0.25) is 11.8 Å². The van der Waals surface area contributed by atoms with Crippen molar-refractivity contribution in [3.63, 3.8) is 0 Å². The Labute approximate surface area is 169 Å². The standard InChI is InChI=1S/C22H25N3O4/c1-15(26)25-19(13-16-14-24-18-8-4-3-7-17(16)18)22(27)23-11-12-29-21-10-6-5-9-20(21)28-2/h3-10,14,19,24H,11-13H2,1-2H3,(H,23,27)(H,25,26). The predicted molar refractivity (Wildman–Crippen MR) is 111 cm³/mol. The summed E-state index contributed by atoms with van der Waals surface area (Å²) in [5, 5.41) is 6.60. The highest BCUT2D eigenvalue weighted by molar-refractivity contribution is 5.89. The number of aromatic nitrogens is 1. The zero-order valence-electron chi connectivity index (χ0n) is 16.5. The molecule has 0 aliphatic carbocycles. The number of benzene rings is 2. The van der Waals surface area contributed by atoms with Crippen molar-refractivity contribution in [2.24, 2.45) is 0 Å². The van der Waals surface area contributed by atoms with Crippen LogP contribution in [0.4, 0.5) is 0 Å². The van der Waals surface area contributed by atoms with E-state index >= 15 is 0 Å². The van der Waals surface area contributed by atoms with Crippen LogP contribution in [0.1, 0.15) is 12.5 Å². The summed E-state index contributed by atoms with van der Waals surface area (Å²) in [4.78, 5) is 27.4. The smallest absolute Gasteiger partial charge is 0.243 e. The van der Waals surface area contributed by atoms with Gasteiger partial charge in [0, 0.05) is 30.4 Å². The Bertz CT molecular complexity index is 983. The molecule has 1 heterocycles. The van der Waals surface area contributed by atoms with Crippen molar-refractivity contribution in [2.75, 3.05) is 20.3 Å². The molecular weight excluding hydrogens is 370 g/mol. The SMILES string of the molecule is COc1ccccc1OCCNC(=O)C(Cc1c[nH]c2ccccc12)NC(C)=O. The highest BCUT2D eigenvalue weighted by Gasteiger charge is 2.21. The largest absolute Gasteiger partial charge is 0.493 e. The number of nitrogens with one attached hydrogen (secondary N) is 3.